The molecule has 3 aromatic rings. The fraction of sp³-hybridized carbons (Fsp3) is 0.500. The van der Waals surface area contributed by atoms with Crippen molar-refractivity contribution < 1.29 is 13.9 Å². The molecule has 1 aliphatic carbocycles. The highest BCUT2D eigenvalue weighted by molar-refractivity contribution is 6.32. The summed E-state index contributed by atoms with van der Waals surface area (Å²) in [6, 6.07) is 3.65. The van der Waals surface area contributed by atoms with Crippen molar-refractivity contribution in [3.8, 4) is 28.8 Å². The zero-order valence-corrected chi connectivity index (χ0v) is 22.7. The van der Waals surface area contributed by atoms with Crippen LogP contribution in [0, 0.1) is 17.7 Å². The van der Waals surface area contributed by atoms with Crippen LogP contribution < -0.4 is 10.2 Å². The molecule has 2 bridgehead atoms. The number of halogens is 3. The van der Waals surface area contributed by atoms with Crippen LogP contribution in [0.2, 0.25) is 5.02 Å². The number of aromatic nitrogens is 3. The summed E-state index contributed by atoms with van der Waals surface area (Å²) in [5, 5.41) is 14.8. The topological polar surface area (TPSA) is 77.4 Å². The van der Waals surface area contributed by atoms with Crippen LogP contribution in [0.15, 0.2) is 18.3 Å². The van der Waals surface area contributed by atoms with E-state index < -0.39 is 17.5 Å². The van der Waals surface area contributed by atoms with Crippen LogP contribution in [0.3, 0.4) is 0 Å². The first-order valence-electron chi connectivity index (χ1n) is 14.2. The van der Waals surface area contributed by atoms with E-state index in [1.807, 2.05) is 0 Å². The Kier molecular flexibility index (Phi) is 5.54. The molecule has 10 heteroatoms. The monoisotopic (exact) mass is 562 g/mol. The number of phenols is 1. The Morgan fingerprint density at radius 2 is 2.08 bits per heavy atom. The predicted molar refractivity (Wildman–Crippen MR) is 149 cm³/mol. The van der Waals surface area contributed by atoms with Crippen molar-refractivity contribution in [2.24, 2.45) is 0 Å². The standard InChI is InChI=1S/C30H29ClF2N6O/c31-23-10-20(40)9-21(25(23)16-2-3-16)27-26(33)28-22(13-35-27)29(39-15-18-8-19(39)12-34-18)37-24(36-28)4-6-30-5-1-7-38(30)14-17(32)11-30/h9-10,13,16-19,34,40H,1-3,5,7-8,11-12,14-15H2/t17-,18+,19+,30-/m1/s1. The second-order valence-corrected chi connectivity index (χ2v) is 12.4. The van der Waals surface area contributed by atoms with E-state index in [4.69, 9.17) is 16.6 Å². The van der Waals surface area contributed by atoms with E-state index in [0.717, 1.165) is 57.3 Å². The summed E-state index contributed by atoms with van der Waals surface area (Å²) in [5.41, 5.74) is 1.05. The van der Waals surface area contributed by atoms with Crippen LogP contribution in [-0.2, 0) is 0 Å². The van der Waals surface area contributed by atoms with Crippen molar-refractivity contribution in [1.29, 1.82) is 0 Å². The molecule has 8 rings (SSSR count). The second-order valence-electron chi connectivity index (χ2n) is 12.0. The molecule has 1 saturated carbocycles. The summed E-state index contributed by atoms with van der Waals surface area (Å²) in [6.45, 7) is 2.85. The molecule has 2 N–H and O–H groups in total. The zero-order valence-electron chi connectivity index (χ0n) is 21.9. The number of nitrogens with zero attached hydrogens (tertiary/aromatic N) is 5. The summed E-state index contributed by atoms with van der Waals surface area (Å²) in [5.74, 6) is 6.93. The fourth-order valence-corrected chi connectivity index (χ4v) is 7.75. The molecule has 1 aromatic carbocycles. The maximum Gasteiger partial charge on any atom is 0.207 e. The first kappa shape index (κ1) is 24.7. The summed E-state index contributed by atoms with van der Waals surface area (Å²) in [7, 11) is 0. The van der Waals surface area contributed by atoms with Crippen molar-refractivity contribution in [1.82, 2.24) is 25.2 Å². The number of phenolic OH excluding ortho intramolecular Hbond substituents is 1. The third kappa shape index (κ3) is 3.87. The van der Waals surface area contributed by atoms with Gasteiger partial charge >= 0.3 is 0 Å². The minimum Gasteiger partial charge on any atom is -0.508 e. The normalized spacial score (nSPS) is 29.3. The quantitative estimate of drug-likeness (QED) is 0.454. The van der Waals surface area contributed by atoms with Crippen LogP contribution in [0.1, 0.15) is 55.8 Å². The number of alkyl halides is 1. The van der Waals surface area contributed by atoms with Gasteiger partial charge in [-0.05, 0) is 68.2 Å². The molecule has 2 aromatic heterocycles. The van der Waals surface area contributed by atoms with Gasteiger partial charge in [-0.2, -0.15) is 0 Å². The van der Waals surface area contributed by atoms with Crippen molar-refractivity contribution in [3.63, 3.8) is 0 Å². The molecular weight excluding hydrogens is 534 g/mol. The highest BCUT2D eigenvalue weighted by Gasteiger charge is 2.48. The van der Waals surface area contributed by atoms with Gasteiger partial charge in [-0.1, -0.05) is 17.5 Å². The highest BCUT2D eigenvalue weighted by Crippen LogP contribution is 2.49. The van der Waals surface area contributed by atoms with Gasteiger partial charge in [-0.15, -0.1) is 0 Å². The SMILES string of the molecule is Oc1cc(Cl)c(C2CC2)c(-c2ncc3c(N4C[C@@H]5C[C@H]4CN5)nc(C#C[C@@]45CCCN4C[C@H](F)C5)nc3c2F)c1. The van der Waals surface area contributed by atoms with Gasteiger partial charge in [0.25, 0.3) is 0 Å². The van der Waals surface area contributed by atoms with Crippen LogP contribution in [-0.4, -0.2) is 74.9 Å². The second kappa shape index (κ2) is 8.97. The van der Waals surface area contributed by atoms with Crippen molar-refractivity contribution in [2.45, 2.75) is 68.2 Å². The van der Waals surface area contributed by atoms with Gasteiger partial charge < -0.3 is 15.3 Å². The smallest absolute Gasteiger partial charge is 0.207 e. The van der Waals surface area contributed by atoms with Gasteiger partial charge in [0.15, 0.2) is 5.82 Å². The van der Waals surface area contributed by atoms with E-state index in [-0.39, 0.29) is 34.7 Å². The molecule has 206 valence electrons. The number of nitrogens with one attached hydrogen (secondary N) is 1. The van der Waals surface area contributed by atoms with Crippen molar-refractivity contribution in [2.75, 3.05) is 31.1 Å². The molecule has 5 fully saturated rings. The molecule has 0 amide bonds. The highest BCUT2D eigenvalue weighted by atomic mass is 35.5. The number of pyridine rings is 1. The van der Waals surface area contributed by atoms with E-state index in [0.29, 0.717) is 40.8 Å². The number of piperazine rings is 1. The van der Waals surface area contributed by atoms with Crippen molar-refractivity contribution in [3.05, 3.63) is 40.6 Å². The van der Waals surface area contributed by atoms with Gasteiger partial charge in [-0.3, -0.25) is 9.88 Å². The lowest BCUT2D eigenvalue weighted by Crippen LogP contribution is -2.44. The minimum atomic E-state index is -0.892. The maximum absolute atomic E-state index is 16.5. The Labute approximate surface area is 236 Å². The molecule has 4 saturated heterocycles. The van der Waals surface area contributed by atoms with E-state index in [1.165, 1.54) is 12.1 Å². The number of fused-ring (bicyclic) bond motifs is 4. The number of anilines is 1. The maximum atomic E-state index is 16.5. The lowest BCUT2D eigenvalue weighted by molar-refractivity contribution is 0.255. The summed E-state index contributed by atoms with van der Waals surface area (Å²) in [6.07, 6.45) is 5.84. The minimum absolute atomic E-state index is 0.0377. The predicted octanol–water partition coefficient (Wildman–Crippen LogP) is 4.55. The first-order chi connectivity index (χ1) is 19.4. The van der Waals surface area contributed by atoms with E-state index >= 15 is 4.39 Å². The molecule has 4 atom stereocenters. The molecule has 0 radical (unpaired) electrons. The fourth-order valence-electron chi connectivity index (χ4n) is 7.38. The Balaban J connectivity index is 1.30. The van der Waals surface area contributed by atoms with Crippen molar-refractivity contribution >= 4 is 28.3 Å². The zero-order chi connectivity index (χ0) is 27.2. The molecule has 0 spiro atoms. The Bertz CT molecular complexity index is 1620. The van der Waals surface area contributed by atoms with E-state index in [1.54, 1.807) is 6.20 Å². The molecule has 0 unspecified atom stereocenters. The van der Waals surface area contributed by atoms with E-state index in [2.05, 4.69) is 36.9 Å². The number of aromatic hydroxyl groups is 1. The molecule has 40 heavy (non-hydrogen) atoms. The number of benzene rings is 1. The third-order valence-corrected chi connectivity index (χ3v) is 9.67. The summed E-state index contributed by atoms with van der Waals surface area (Å²) in [4.78, 5) is 18.4. The van der Waals surface area contributed by atoms with Crippen LogP contribution in [0.4, 0.5) is 14.6 Å². The van der Waals surface area contributed by atoms with Gasteiger partial charge in [0, 0.05) is 54.9 Å². The third-order valence-electron chi connectivity index (χ3n) is 9.36. The molecule has 4 aliphatic heterocycles. The summed E-state index contributed by atoms with van der Waals surface area (Å²) >= 11 is 6.52. The first-order valence-corrected chi connectivity index (χ1v) is 14.6. The van der Waals surface area contributed by atoms with Gasteiger partial charge in [0.05, 0.1) is 10.9 Å². The average Bonchev–Trinajstić information content (AvgIpc) is 3.21. The lowest BCUT2D eigenvalue weighted by atomic mass is 9.94. The molecule has 5 aliphatic rings. The van der Waals surface area contributed by atoms with E-state index in [9.17, 15) is 9.50 Å². The lowest BCUT2D eigenvalue weighted by Gasteiger charge is -2.29. The van der Waals surface area contributed by atoms with Crippen LogP contribution in [0.5, 0.6) is 5.75 Å². The van der Waals surface area contributed by atoms with Crippen LogP contribution >= 0.6 is 11.6 Å². The largest absolute Gasteiger partial charge is 0.508 e. The summed E-state index contributed by atoms with van der Waals surface area (Å²) < 4.78 is 30.9. The Morgan fingerprint density at radius 3 is 2.85 bits per heavy atom. The molecule has 6 heterocycles. The molecular formula is C30H29ClF2N6O. The van der Waals surface area contributed by atoms with Gasteiger partial charge in [-0.25, -0.2) is 18.7 Å². The molecule has 7 nitrogen and oxygen atoms in total. The van der Waals surface area contributed by atoms with Gasteiger partial charge in [0.2, 0.25) is 5.82 Å². The number of rotatable bonds is 3. The Hall–Kier alpha value is -3.06. The Morgan fingerprint density at radius 1 is 1.20 bits per heavy atom. The van der Waals surface area contributed by atoms with Crippen LogP contribution in [0.25, 0.3) is 22.2 Å². The van der Waals surface area contributed by atoms with Gasteiger partial charge in [0.1, 0.15) is 28.9 Å². The number of hydrogen-bond acceptors (Lipinski definition) is 7. The average molecular weight is 563 g/mol. The number of hydrogen-bond donors (Lipinski definition) is 2.